The van der Waals surface area contributed by atoms with Crippen molar-refractivity contribution in [2.75, 3.05) is 13.6 Å². The van der Waals surface area contributed by atoms with E-state index >= 15 is 0 Å². The predicted octanol–water partition coefficient (Wildman–Crippen LogP) is 0.406. The zero-order valence-electron chi connectivity index (χ0n) is 9.46. The van der Waals surface area contributed by atoms with E-state index < -0.39 is 5.60 Å². The Balaban J connectivity index is 2.43. The molecule has 1 rings (SSSR count). The minimum atomic E-state index is -0.560. The maximum Gasteiger partial charge on any atom is 0.207 e. The van der Waals surface area contributed by atoms with E-state index in [4.69, 9.17) is 0 Å². The molecule has 15 heavy (non-hydrogen) atoms. The third kappa shape index (κ3) is 4.18. The lowest BCUT2D eigenvalue weighted by Gasteiger charge is -2.35. The van der Waals surface area contributed by atoms with Crippen LogP contribution in [0, 0.1) is 0 Å². The Morgan fingerprint density at radius 2 is 2.07 bits per heavy atom. The van der Waals surface area contributed by atoms with E-state index in [2.05, 4.69) is 10.6 Å². The van der Waals surface area contributed by atoms with Crippen LogP contribution in [-0.4, -0.2) is 36.8 Å². The Hall–Kier alpha value is -0.610. The second-order valence-corrected chi connectivity index (χ2v) is 4.53. The Labute approximate surface area is 91.4 Å². The summed E-state index contributed by atoms with van der Waals surface area (Å²) < 4.78 is 0. The standard InChI is InChI=1S/C11H22N2O2/c1-12-8-10(13-9-14)7-11(15)5-3-2-4-6-11/h9-10,12,15H,2-8H2,1H3,(H,13,14). The monoisotopic (exact) mass is 214 g/mol. The number of rotatable bonds is 6. The molecule has 1 amide bonds. The van der Waals surface area contributed by atoms with E-state index in [9.17, 15) is 9.90 Å². The zero-order chi connectivity index (χ0) is 11.1. The van der Waals surface area contributed by atoms with Crippen LogP contribution in [0.25, 0.3) is 0 Å². The molecule has 0 spiro atoms. The van der Waals surface area contributed by atoms with Crippen molar-refractivity contribution < 1.29 is 9.90 Å². The second-order valence-electron chi connectivity index (χ2n) is 4.53. The molecule has 1 unspecified atom stereocenters. The molecule has 0 saturated heterocycles. The average Bonchev–Trinajstić information content (AvgIpc) is 2.19. The molecule has 0 radical (unpaired) electrons. The lowest BCUT2D eigenvalue weighted by molar-refractivity contribution is -0.110. The molecule has 0 aromatic carbocycles. The summed E-state index contributed by atoms with van der Waals surface area (Å²) in [6.45, 7) is 0.709. The van der Waals surface area contributed by atoms with Crippen molar-refractivity contribution in [3.05, 3.63) is 0 Å². The molecular weight excluding hydrogens is 192 g/mol. The van der Waals surface area contributed by atoms with Gasteiger partial charge in [-0.05, 0) is 26.3 Å². The van der Waals surface area contributed by atoms with Gasteiger partial charge in [0.15, 0.2) is 0 Å². The summed E-state index contributed by atoms with van der Waals surface area (Å²) in [6.07, 6.45) is 6.54. The third-order valence-corrected chi connectivity index (χ3v) is 3.16. The van der Waals surface area contributed by atoms with Crippen LogP contribution >= 0.6 is 0 Å². The highest BCUT2D eigenvalue weighted by atomic mass is 16.3. The van der Waals surface area contributed by atoms with Crippen molar-refractivity contribution in [2.45, 2.75) is 50.2 Å². The van der Waals surface area contributed by atoms with Crippen LogP contribution in [0.5, 0.6) is 0 Å². The van der Waals surface area contributed by atoms with Crippen molar-refractivity contribution in [3.63, 3.8) is 0 Å². The summed E-state index contributed by atoms with van der Waals surface area (Å²) in [6, 6.07) is 0.0376. The van der Waals surface area contributed by atoms with E-state index in [1.165, 1.54) is 6.42 Å². The fourth-order valence-electron chi connectivity index (χ4n) is 2.41. The van der Waals surface area contributed by atoms with Crippen molar-refractivity contribution in [2.24, 2.45) is 0 Å². The van der Waals surface area contributed by atoms with Gasteiger partial charge in [0.25, 0.3) is 0 Å². The molecule has 3 N–H and O–H groups in total. The highest BCUT2D eigenvalue weighted by Gasteiger charge is 2.31. The molecule has 0 aliphatic heterocycles. The molecule has 0 heterocycles. The molecule has 1 aliphatic rings. The maximum atomic E-state index is 10.4. The highest BCUT2D eigenvalue weighted by Crippen LogP contribution is 2.31. The first-order valence-electron chi connectivity index (χ1n) is 5.77. The number of carbonyl (C=O) groups is 1. The summed E-state index contributed by atoms with van der Waals surface area (Å²) in [7, 11) is 1.85. The van der Waals surface area contributed by atoms with Gasteiger partial charge in [0.2, 0.25) is 6.41 Å². The number of nitrogens with one attached hydrogen (secondary N) is 2. The predicted molar refractivity (Wildman–Crippen MR) is 59.6 cm³/mol. The minimum absolute atomic E-state index is 0.0376. The van der Waals surface area contributed by atoms with E-state index in [1.807, 2.05) is 7.05 Å². The molecule has 0 aromatic heterocycles. The number of amides is 1. The molecule has 1 atom stereocenters. The smallest absolute Gasteiger partial charge is 0.207 e. The lowest BCUT2D eigenvalue weighted by atomic mass is 9.80. The van der Waals surface area contributed by atoms with Crippen molar-refractivity contribution in [1.82, 2.24) is 10.6 Å². The van der Waals surface area contributed by atoms with Crippen LogP contribution in [0.1, 0.15) is 38.5 Å². The van der Waals surface area contributed by atoms with Crippen LogP contribution < -0.4 is 10.6 Å². The number of carbonyl (C=O) groups excluding carboxylic acids is 1. The van der Waals surface area contributed by atoms with Gasteiger partial charge in [0, 0.05) is 12.6 Å². The topological polar surface area (TPSA) is 61.4 Å². The number of likely N-dealkylation sites (N-methyl/N-ethyl adjacent to an activating group) is 1. The van der Waals surface area contributed by atoms with Gasteiger partial charge in [0.1, 0.15) is 0 Å². The van der Waals surface area contributed by atoms with Gasteiger partial charge in [-0.25, -0.2) is 0 Å². The van der Waals surface area contributed by atoms with Crippen molar-refractivity contribution >= 4 is 6.41 Å². The summed E-state index contributed by atoms with van der Waals surface area (Å²) in [5, 5.41) is 16.1. The molecule has 1 aliphatic carbocycles. The molecule has 4 nitrogen and oxygen atoms in total. The third-order valence-electron chi connectivity index (χ3n) is 3.16. The van der Waals surface area contributed by atoms with Gasteiger partial charge in [0.05, 0.1) is 5.60 Å². The summed E-state index contributed by atoms with van der Waals surface area (Å²) in [5.74, 6) is 0. The number of aliphatic hydroxyl groups is 1. The van der Waals surface area contributed by atoms with E-state index in [0.717, 1.165) is 25.7 Å². The quantitative estimate of drug-likeness (QED) is 0.561. The molecule has 88 valence electrons. The molecule has 1 fully saturated rings. The number of hydrogen-bond acceptors (Lipinski definition) is 3. The second kappa shape index (κ2) is 6.08. The summed E-state index contributed by atoms with van der Waals surface area (Å²) >= 11 is 0. The first kappa shape index (κ1) is 12.5. The van der Waals surface area contributed by atoms with E-state index in [1.54, 1.807) is 0 Å². The SMILES string of the molecule is CNCC(CC1(O)CCCCC1)NC=O. The lowest BCUT2D eigenvalue weighted by Crippen LogP contribution is -2.45. The average molecular weight is 214 g/mol. The first-order valence-corrected chi connectivity index (χ1v) is 5.77. The fraction of sp³-hybridized carbons (Fsp3) is 0.909. The largest absolute Gasteiger partial charge is 0.390 e. The summed E-state index contributed by atoms with van der Waals surface area (Å²) in [4.78, 5) is 10.4. The van der Waals surface area contributed by atoms with Gasteiger partial charge in [-0.2, -0.15) is 0 Å². The van der Waals surface area contributed by atoms with Crippen LogP contribution in [0.15, 0.2) is 0 Å². The Bertz CT molecular complexity index is 191. The van der Waals surface area contributed by atoms with E-state index in [0.29, 0.717) is 19.4 Å². The normalized spacial score (nSPS) is 22.0. The fourth-order valence-corrected chi connectivity index (χ4v) is 2.41. The molecule has 4 heteroatoms. The summed E-state index contributed by atoms with van der Waals surface area (Å²) in [5.41, 5.74) is -0.560. The van der Waals surface area contributed by atoms with Gasteiger partial charge < -0.3 is 15.7 Å². The number of hydrogen-bond donors (Lipinski definition) is 3. The van der Waals surface area contributed by atoms with Crippen LogP contribution in [0.2, 0.25) is 0 Å². The van der Waals surface area contributed by atoms with Crippen LogP contribution in [-0.2, 0) is 4.79 Å². The Kier molecular flexibility index (Phi) is 5.05. The van der Waals surface area contributed by atoms with Crippen LogP contribution in [0.4, 0.5) is 0 Å². The Morgan fingerprint density at radius 1 is 1.40 bits per heavy atom. The van der Waals surface area contributed by atoms with Crippen LogP contribution in [0.3, 0.4) is 0 Å². The maximum absolute atomic E-state index is 10.4. The van der Waals surface area contributed by atoms with Gasteiger partial charge >= 0.3 is 0 Å². The molecule has 0 aromatic rings. The Morgan fingerprint density at radius 3 is 2.60 bits per heavy atom. The highest BCUT2D eigenvalue weighted by molar-refractivity contribution is 5.46. The molecule has 0 bridgehead atoms. The molecule has 1 saturated carbocycles. The van der Waals surface area contributed by atoms with Crippen molar-refractivity contribution in [1.29, 1.82) is 0 Å². The van der Waals surface area contributed by atoms with Gasteiger partial charge in [-0.3, -0.25) is 4.79 Å². The van der Waals surface area contributed by atoms with E-state index in [-0.39, 0.29) is 6.04 Å². The molecular formula is C11H22N2O2. The van der Waals surface area contributed by atoms with Gasteiger partial charge in [-0.15, -0.1) is 0 Å². The first-order chi connectivity index (χ1) is 7.20. The van der Waals surface area contributed by atoms with Gasteiger partial charge in [-0.1, -0.05) is 19.3 Å². The zero-order valence-corrected chi connectivity index (χ0v) is 9.46. The van der Waals surface area contributed by atoms with Crippen molar-refractivity contribution in [3.8, 4) is 0 Å². The minimum Gasteiger partial charge on any atom is -0.390 e.